The van der Waals surface area contributed by atoms with Crippen molar-refractivity contribution in [2.24, 2.45) is 10.2 Å². The van der Waals surface area contributed by atoms with Gasteiger partial charge in [-0.1, -0.05) is 12.1 Å². The van der Waals surface area contributed by atoms with Crippen molar-refractivity contribution in [1.82, 2.24) is 24.7 Å². The van der Waals surface area contributed by atoms with Crippen LogP contribution < -0.4 is 10.6 Å². The van der Waals surface area contributed by atoms with E-state index in [0.29, 0.717) is 28.5 Å². The molecule has 4 aromatic rings. The van der Waals surface area contributed by atoms with Gasteiger partial charge in [0, 0.05) is 30.7 Å². The predicted molar refractivity (Wildman–Crippen MR) is 126 cm³/mol. The Morgan fingerprint density at radius 1 is 1.00 bits per heavy atom. The summed E-state index contributed by atoms with van der Waals surface area (Å²) in [6, 6.07) is 13.7. The number of aryl methyl sites for hydroxylation is 1. The van der Waals surface area contributed by atoms with Crippen molar-refractivity contribution in [2.75, 3.05) is 17.7 Å². The topological polar surface area (TPSA) is 153 Å². The van der Waals surface area contributed by atoms with Crippen LogP contribution >= 0.6 is 0 Å². The van der Waals surface area contributed by atoms with Gasteiger partial charge in [-0.3, -0.25) is 0 Å². The SMILES string of the molecule is CNc1nc(Nc2cccc(C)c2)c(C#N)c(C)c1/N=N/c1c(C#N)cnn1-c1ncccn1. The molecule has 11 heteroatoms. The van der Waals surface area contributed by atoms with E-state index >= 15 is 0 Å². The molecule has 0 aliphatic carbocycles. The second-order valence-corrected chi connectivity index (χ2v) is 7.17. The van der Waals surface area contributed by atoms with E-state index in [1.165, 1.54) is 10.9 Å². The van der Waals surface area contributed by atoms with E-state index in [9.17, 15) is 10.5 Å². The maximum atomic E-state index is 9.85. The van der Waals surface area contributed by atoms with E-state index in [2.05, 4.69) is 47.0 Å². The summed E-state index contributed by atoms with van der Waals surface area (Å²) >= 11 is 0. The van der Waals surface area contributed by atoms with E-state index in [0.717, 1.165) is 11.3 Å². The minimum Gasteiger partial charge on any atom is -0.371 e. The molecule has 3 aromatic heterocycles. The summed E-state index contributed by atoms with van der Waals surface area (Å²) < 4.78 is 1.32. The zero-order valence-electron chi connectivity index (χ0n) is 18.6. The Kier molecular flexibility index (Phi) is 6.19. The lowest BCUT2D eigenvalue weighted by Gasteiger charge is -2.14. The smallest absolute Gasteiger partial charge is 0.252 e. The summed E-state index contributed by atoms with van der Waals surface area (Å²) in [5, 5.41) is 38.3. The van der Waals surface area contributed by atoms with E-state index in [4.69, 9.17) is 0 Å². The lowest BCUT2D eigenvalue weighted by atomic mass is 10.1. The first kappa shape index (κ1) is 22.0. The summed E-state index contributed by atoms with van der Waals surface area (Å²) in [5.41, 5.74) is 3.35. The number of hydrogen-bond donors (Lipinski definition) is 2. The molecule has 11 nitrogen and oxygen atoms in total. The highest BCUT2D eigenvalue weighted by Crippen LogP contribution is 2.36. The van der Waals surface area contributed by atoms with Crippen molar-refractivity contribution < 1.29 is 0 Å². The first-order chi connectivity index (χ1) is 16.5. The fourth-order valence-corrected chi connectivity index (χ4v) is 3.24. The normalized spacial score (nSPS) is 10.6. The molecule has 0 spiro atoms. The quantitative estimate of drug-likeness (QED) is 0.404. The Bertz CT molecular complexity index is 1460. The molecule has 4 rings (SSSR count). The molecule has 0 bridgehead atoms. The van der Waals surface area contributed by atoms with Gasteiger partial charge >= 0.3 is 0 Å². The molecule has 166 valence electrons. The van der Waals surface area contributed by atoms with Crippen LogP contribution in [0.15, 0.2) is 59.2 Å². The fourth-order valence-electron chi connectivity index (χ4n) is 3.24. The molecular formula is C23H19N11. The molecule has 0 atom stereocenters. The van der Waals surface area contributed by atoms with Crippen molar-refractivity contribution in [3.8, 4) is 18.1 Å². The fraction of sp³-hybridized carbons (Fsp3) is 0.130. The molecule has 0 amide bonds. The van der Waals surface area contributed by atoms with Gasteiger partial charge in [-0.15, -0.1) is 10.2 Å². The Morgan fingerprint density at radius 2 is 1.79 bits per heavy atom. The van der Waals surface area contributed by atoms with Crippen molar-refractivity contribution in [3.63, 3.8) is 0 Å². The highest BCUT2D eigenvalue weighted by atomic mass is 15.4. The molecule has 0 saturated heterocycles. The lowest BCUT2D eigenvalue weighted by molar-refractivity contribution is 0.803. The van der Waals surface area contributed by atoms with Gasteiger partial charge in [-0.2, -0.15) is 20.3 Å². The molecule has 34 heavy (non-hydrogen) atoms. The van der Waals surface area contributed by atoms with Gasteiger partial charge in [-0.05, 0) is 37.6 Å². The predicted octanol–water partition coefficient (Wildman–Crippen LogP) is 4.62. The van der Waals surface area contributed by atoms with E-state index in [-0.39, 0.29) is 17.3 Å². The number of anilines is 3. The molecule has 0 aliphatic heterocycles. The highest BCUT2D eigenvalue weighted by molar-refractivity contribution is 5.76. The summed E-state index contributed by atoms with van der Waals surface area (Å²) in [7, 11) is 1.70. The van der Waals surface area contributed by atoms with Gasteiger partial charge in [0.25, 0.3) is 5.95 Å². The number of pyridine rings is 1. The maximum absolute atomic E-state index is 9.85. The van der Waals surface area contributed by atoms with Crippen molar-refractivity contribution >= 4 is 28.8 Å². The summed E-state index contributed by atoms with van der Waals surface area (Å²) in [6.07, 6.45) is 4.48. The molecule has 3 heterocycles. The van der Waals surface area contributed by atoms with Crippen molar-refractivity contribution in [3.05, 3.63) is 71.2 Å². The minimum atomic E-state index is 0.163. The Hall–Kier alpha value is -5.16. The number of rotatable bonds is 6. The average Bonchev–Trinajstić information content (AvgIpc) is 3.27. The van der Waals surface area contributed by atoms with Crippen LogP contribution in [0.2, 0.25) is 0 Å². The Labute approximate surface area is 195 Å². The van der Waals surface area contributed by atoms with Crippen molar-refractivity contribution in [2.45, 2.75) is 13.8 Å². The number of nitrogens with zero attached hydrogens (tertiary/aromatic N) is 9. The third kappa shape index (κ3) is 4.26. The third-order valence-electron chi connectivity index (χ3n) is 4.89. The van der Waals surface area contributed by atoms with Gasteiger partial charge in [0.15, 0.2) is 17.5 Å². The molecule has 0 saturated carbocycles. The molecule has 0 aliphatic rings. The summed E-state index contributed by atoms with van der Waals surface area (Å²) in [6.45, 7) is 3.75. The molecule has 0 fully saturated rings. The third-order valence-corrected chi connectivity index (χ3v) is 4.89. The monoisotopic (exact) mass is 449 g/mol. The maximum Gasteiger partial charge on any atom is 0.252 e. The van der Waals surface area contributed by atoms with Crippen LogP contribution in [-0.2, 0) is 0 Å². The first-order valence-electron chi connectivity index (χ1n) is 10.2. The standard InChI is InChI=1S/C23H19N11/c1-14-6-4-7-17(10-14)30-20-18(12-25)15(2)19(21(26-3)31-20)32-33-22-16(11-24)13-29-34(22)23-27-8-5-9-28-23/h4-10,13H,1-3H3,(H2,26,30,31)/b33-32+. The van der Waals surface area contributed by atoms with Crippen LogP contribution in [-0.4, -0.2) is 31.8 Å². The molecule has 0 radical (unpaired) electrons. The number of aromatic nitrogens is 5. The van der Waals surface area contributed by atoms with Gasteiger partial charge < -0.3 is 10.6 Å². The Balaban J connectivity index is 1.79. The van der Waals surface area contributed by atoms with Crippen LogP contribution in [0.1, 0.15) is 22.3 Å². The minimum absolute atomic E-state index is 0.163. The number of nitrogens with one attached hydrogen (secondary N) is 2. The van der Waals surface area contributed by atoms with Crippen LogP contribution in [0.3, 0.4) is 0 Å². The number of benzene rings is 1. The second-order valence-electron chi connectivity index (χ2n) is 7.17. The van der Waals surface area contributed by atoms with Crippen LogP contribution in [0, 0.1) is 36.5 Å². The molecular weight excluding hydrogens is 430 g/mol. The van der Waals surface area contributed by atoms with Crippen LogP contribution in [0.5, 0.6) is 0 Å². The van der Waals surface area contributed by atoms with Crippen LogP contribution in [0.25, 0.3) is 5.95 Å². The second kappa shape index (κ2) is 9.54. The molecule has 2 N–H and O–H groups in total. The number of azo groups is 1. The van der Waals surface area contributed by atoms with E-state index in [1.807, 2.05) is 37.3 Å². The zero-order chi connectivity index (χ0) is 24.1. The Morgan fingerprint density at radius 3 is 2.47 bits per heavy atom. The van der Waals surface area contributed by atoms with E-state index in [1.54, 1.807) is 32.4 Å². The van der Waals surface area contributed by atoms with Gasteiger partial charge in [-0.25, -0.2) is 15.0 Å². The van der Waals surface area contributed by atoms with E-state index < -0.39 is 0 Å². The largest absolute Gasteiger partial charge is 0.371 e. The molecule has 0 unspecified atom stereocenters. The summed E-state index contributed by atoms with van der Waals surface area (Å²) in [5.74, 6) is 1.22. The summed E-state index contributed by atoms with van der Waals surface area (Å²) in [4.78, 5) is 12.9. The highest BCUT2D eigenvalue weighted by Gasteiger charge is 2.19. The number of hydrogen-bond acceptors (Lipinski definition) is 10. The molecule has 1 aromatic carbocycles. The zero-order valence-corrected chi connectivity index (χ0v) is 18.6. The van der Waals surface area contributed by atoms with Crippen LogP contribution in [0.4, 0.5) is 28.8 Å². The first-order valence-corrected chi connectivity index (χ1v) is 10.2. The van der Waals surface area contributed by atoms with Gasteiger partial charge in [0.1, 0.15) is 23.4 Å². The van der Waals surface area contributed by atoms with Gasteiger partial charge in [0.2, 0.25) is 0 Å². The van der Waals surface area contributed by atoms with Crippen molar-refractivity contribution in [1.29, 1.82) is 10.5 Å². The lowest BCUT2D eigenvalue weighted by Crippen LogP contribution is -2.04. The van der Waals surface area contributed by atoms with Gasteiger partial charge in [0.05, 0.1) is 11.8 Å². The average molecular weight is 449 g/mol. The number of nitriles is 2.